The molecule has 5 nitrogen and oxygen atoms in total. The number of aryl methyl sites for hydroxylation is 1. The van der Waals surface area contributed by atoms with Crippen molar-refractivity contribution in [1.29, 1.82) is 0 Å². The van der Waals surface area contributed by atoms with E-state index in [0.717, 1.165) is 42.5 Å². The van der Waals surface area contributed by atoms with Crippen LogP contribution in [0.25, 0.3) is 17.1 Å². The fourth-order valence-corrected chi connectivity index (χ4v) is 3.68. The van der Waals surface area contributed by atoms with Crippen molar-refractivity contribution >= 4 is 17.5 Å². The van der Waals surface area contributed by atoms with Crippen LogP contribution in [0.3, 0.4) is 0 Å². The molecule has 1 fully saturated rings. The van der Waals surface area contributed by atoms with Gasteiger partial charge in [0.05, 0.1) is 5.69 Å². The molecule has 1 heterocycles. The number of hydrogen-bond acceptors (Lipinski definition) is 3. The Bertz CT molecular complexity index is 894. The standard InChI is InChI=1S/C22H23ClN4O/c1-15-7-13-19(14-8-15)27-21(16-9-11-17(23)12-10-16)25-20(26-27)22(28)24-18-5-3-2-4-6-18/h7-14,18H,2-6H2,1H3,(H,24,28). The number of hydrogen-bond donors (Lipinski definition) is 1. The summed E-state index contributed by atoms with van der Waals surface area (Å²) in [6.07, 6.45) is 5.61. The molecule has 2 aromatic carbocycles. The number of amides is 1. The third-order valence-electron chi connectivity index (χ3n) is 5.13. The molecule has 0 unspecified atom stereocenters. The van der Waals surface area contributed by atoms with Crippen LogP contribution in [0.5, 0.6) is 0 Å². The number of aromatic nitrogens is 3. The second-order valence-corrected chi connectivity index (χ2v) is 7.76. The normalized spacial score (nSPS) is 14.8. The lowest BCUT2D eigenvalue weighted by Crippen LogP contribution is -2.36. The molecule has 28 heavy (non-hydrogen) atoms. The molecule has 0 radical (unpaired) electrons. The minimum atomic E-state index is -0.215. The number of nitrogens with one attached hydrogen (secondary N) is 1. The highest BCUT2D eigenvalue weighted by atomic mass is 35.5. The zero-order chi connectivity index (χ0) is 19.5. The van der Waals surface area contributed by atoms with Gasteiger partial charge in [0.15, 0.2) is 5.82 Å². The number of nitrogens with zero attached hydrogens (tertiary/aromatic N) is 3. The monoisotopic (exact) mass is 394 g/mol. The fraction of sp³-hybridized carbons (Fsp3) is 0.318. The van der Waals surface area contributed by atoms with Crippen LogP contribution in [0.4, 0.5) is 0 Å². The van der Waals surface area contributed by atoms with Crippen molar-refractivity contribution < 1.29 is 4.79 Å². The quantitative estimate of drug-likeness (QED) is 0.680. The number of carbonyl (C=O) groups is 1. The van der Waals surface area contributed by atoms with Gasteiger partial charge in [-0.25, -0.2) is 9.67 Å². The molecule has 1 aromatic heterocycles. The predicted octanol–water partition coefficient (Wildman–Crippen LogP) is 4.96. The second-order valence-electron chi connectivity index (χ2n) is 7.32. The minimum absolute atomic E-state index is 0.191. The van der Waals surface area contributed by atoms with Gasteiger partial charge in [0.2, 0.25) is 5.82 Å². The predicted molar refractivity (Wildman–Crippen MR) is 111 cm³/mol. The Morgan fingerprint density at radius 3 is 2.39 bits per heavy atom. The largest absolute Gasteiger partial charge is 0.347 e. The maximum Gasteiger partial charge on any atom is 0.291 e. The van der Waals surface area contributed by atoms with Crippen LogP contribution in [0, 0.1) is 6.92 Å². The van der Waals surface area contributed by atoms with Gasteiger partial charge < -0.3 is 5.32 Å². The maximum absolute atomic E-state index is 12.8. The van der Waals surface area contributed by atoms with E-state index in [9.17, 15) is 4.79 Å². The smallest absolute Gasteiger partial charge is 0.291 e. The molecule has 4 rings (SSSR count). The third kappa shape index (κ3) is 4.09. The average molecular weight is 395 g/mol. The Balaban J connectivity index is 1.69. The summed E-state index contributed by atoms with van der Waals surface area (Å²) in [5, 5.41) is 8.29. The molecule has 144 valence electrons. The van der Waals surface area contributed by atoms with E-state index in [4.69, 9.17) is 11.6 Å². The molecular formula is C22H23ClN4O. The van der Waals surface area contributed by atoms with Crippen molar-refractivity contribution in [1.82, 2.24) is 20.1 Å². The summed E-state index contributed by atoms with van der Waals surface area (Å²) >= 11 is 6.03. The van der Waals surface area contributed by atoms with E-state index in [1.165, 1.54) is 6.42 Å². The first-order valence-electron chi connectivity index (χ1n) is 9.71. The summed E-state index contributed by atoms with van der Waals surface area (Å²) in [5.74, 6) is 0.596. The molecule has 6 heteroatoms. The molecule has 3 aromatic rings. The summed E-state index contributed by atoms with van der Waals surface area (Å²) in [7, 11) is 0. The number of halogens is 1. The zero-order valence-corrected chi connectivity index (χ0v) is 16.6. The van der Waals surface area contributed by atoms with E-state index in [2.05, 4.69) is 15.4 Å². The van der Waals surface area contributed by atoms with Crippen LogP contribution in [0.1, 0.15) is 48.3 Å². The van der Waals surface area contributed by atoms with Crippen molar-refractivity contribution in [2.45, 2.75) is 45.1 Å². The van der Waals surface area contributed by atoms with Crippen molar-refractivity contribution in [2.75, 3.05) is 0 Å². The van der Waals surface area contributed by atoms with Gasteiger partial charge in [0.25, 0.3) is 5.91 Å². The molecule has 1 aliphatic carbocycles. The van der Waals surface area contributed by atoms with Crippen molar-refractivity contribution in [3.05, 3.63) is 64.9 Å². The van der Waals surface area contributed by atoms with Gasteiger partial charge >= 0.3 is 0 Å². The van der Waals surface area contributed by atoms with E-state index < -0.39 is 0 Å². The van der Waals surface area contributed by atoms with Gasteiger partial charge in [0, 0.05) is 16.6 Å². The lowest BCUT2D eigenvalue weighted by Gasteiger charge is -2.21. The molecule has 1 N–H and O–H groups in total. The molecule has 1 saturated carbocycles. The van der Waals surface area contributed by atoms with E-state index >= 15 is 0 Å². The molecule has 0 aliphatic heterocycles. The highest BCUT2D eigenvalue weighted by molar-refractivity contribution is 6.30. The molecule has 1 aliphatic rings. The number of carbonyl (C=O) groups excluding carboxylic acids is 1. The van der Waals surface area contributed by atoms with Crippen molar-refractivity contribution in [2.24, 2.45) is 0 Å². The van der Waals surface area contributed by atoms with Crippen LogP contribution < -0.4 is 5.32 Å². The Kier molecular flexibility index (Phi) is 5.44. The zero-order valence-electron chi connectivity index (χ0n) is 15.9. The van der Waals surface area contributed by atoms with Crippen LogP contribution >= 0.6 is 11.6 Å². The van der Waals surface area contributed by atoms with Crippen molar-refractivity contribution in [3.63, 3.8) is 0 Å². The molecule has 0 atom stereocenters. The van der Waals surface area contributed by atoms with Crippen LogP contribution in [0.2, 0.25) is 5.02 Å². The van der Waals surface area contributed by atoms with E-state index in [0.29, 0.717) is 10.8 Å². The van der Waals surface area contributed by atoms with E-state index in [1.807, 2.05) is 55.5 Å². The first-order chi connectivity index (χ1) is 13.6. The summed E-state index contributed by atoms with van der Waals surface area (Å²) < 4.78 is 1.72. The summed E-state index contributed by atoms with van der Waals surface area (Å²) in [4.78, 5) is 17.3. The fourth-order valence-electron chi connectivity index (χ4n) is 3.56. The maximum atomic E-state index is 12.8. The summed E-state index contributed by atoms with van der Waals surface area (Å²) in [6.45, 7) is 2.04. The SMILES string of the molecule is Cc1ccc(-n2nc(C(=O)NC3CCCCC3)nc2-c2ccc(Cl)cc2)cc1. The lowest BCUT2D eigenvalue weighted by molar-refractivity contribution is 0.0917. The third-order valence-corrected chi connectivity index (χ3v) is 5.38. The Hall–Kier alpha value is -2.66. The summed E-state index contributed by atoms with van der Waals surface area (Å²) in [6, 6.07) is 15.6. The second kappa shape index (κ2) is 8.15. The Labute approximate surface area is 169 Å². The number of rotatable bonds is 4. The minimum Gasteiger partial charge on any atom is -0.347 e. The summed E-state index contributed by atoms with van der Waals surface area (Å²) in [5.41, 5.74) is 2.88. The van der Waals surface area contributed by atoms with Crippen LogP contribution in [-0.4, -0.2) is 26.7 Å². The van der Waals surface area contributed by atoms with Gasteiger partial charge in [-0.1, -0.05) is 48.6 Å². The van der Waals surface area contributed by atoms with Gasteiger partial charge in [-0.15, -0.1) is 5.10 Å². The van der Waals surface area contributed by atoms with E-state index in [1.54, 1.807) is 4.68 Å². The lowest BCUT2D eigenvalue weighted by atomic mass is 9.95. The Morgan fingerprint density at radius 2 is 1.71 bits per heavy atom. The number of benzene rings is 2. The molecule has 0 spiro atoms. The average Bonchev–Trinajstić information content (AvgIpc) is 3.15. The highest BCUT2D eigenvalue weighted by Crippen LogP contribution is 2.24. The van der Waals surface area contributed by atoms with Gasteiger partial charge in [-0.3, -0.25) is 4.79 Å². The van der Waals surface area contributed by atoms with Gasteiger partial charge in [0.1, 0.15) is 0 Å². The molecule has 0 saturated heterocycles. The van der Waals surface area contributed by atoms with Gasteiger partial charge in [-0.05, 0) is 56.2 Å². The molecule has 1 amide bonds. The first kappa shape index (κ1) is 18.7. The topological polar surface area (TPSA) is 59.8 Å². The van der Waals surface area contributed by atoms with Gasteiger partial charge in [-0.2, -0.15) is 0 Å². The molecule has 0 bridgehead atoms. The highest BCUT2D eigenvalue weighted by Gasteiger charge is 2.22. The van der Waals surface area contributed by atoms with Crippen LogP contribution in [0.15, 0.2) is 48.5 Å². The molecular weight excluding hydrogens is 372 g/mol. The van der Waals surface area contributed by atoms with Crippen LogP contribution in [-0.2, 0) is 0 Å². The van der Waals surface area contributed by atoms with Crippen molar-refractivity contribution in [3.8, 4) is 17.1 Å². The Morgan fingerprint density at radius 1 is 1.04 bits per heavy atom. The van der Waals surface area contributed by atoms with E-state index in [-0.39, 0.29) is 17.8 Å². The first-order valence-corrected chi connectivity index (χ1v) is 10.1.